The van der Waals surface area contributed by atoms with Crippen LogP contribution in [0.25, 0.3) is 0 Å². The van der Waals surface area contributed by atoms with E-state index in [9.17, 15) is 4.79 Å². The maximum atomic E-state index is 10.2. The van der Waals surface area contributed by atoms with Crippen LogP contribution in [-0.2, 0) is 18.4 Å². The molecule has 0 aliphatic rings. The number of rotatable bonds is 5. The smallest absolute Gasteiger partial charge is 0.370 e. The Bertz CT molecular complexity index is 97.3. The molecule has 10 heavy (non-hydrogen) atoms. The van der Waals surface area contributed by atoms with Crippen LogP contribution in [0.2, 0.25) is 0 Å². The Morgan fingerprint density at radius 3 is 2.90 bits per heavy atom. The maximum Gasteiger partial charge on any atom is 0.370 e. The van der Waals surface area contributed by atoms with Crippen molar-refractivity contribution >= 4 is 26.2 Å². The lowest BCUT2D eigenvalue weighted by molar-refractivity contribution is -0.133. The molecule has 0 atom stereocenters. The Morgan fingerprint density at radius 1 is 1.70 bits per heavy atom. The summed E-state index contributed by atoms with van der Waals surface area (Å²) in [6.45, 7) is 1.63. The minimum atomic E-state index is -1.12. The fourth-order valence-corrected chi connectivity index (χ4v) is 0.903. The van der Waals surface area contributed by atoms with Crippen LogP contribution in [0.3, 0.4) is 0 Å². The summed E-state index contributed by atoms with van der Waals surface area (Å²) in [5.74, 6) is -0.280. The van der Waals surface area contributed by atoms with E-state index in [4.69, 9.17) is 9.16 Å². The maximum absolute atomic E-state index is 10.2. The van der Waals surface area contributed by atoms with Gasteiger partial charge < -0.3 is 13.6 Å². The third-order valence-corrected chi connectivity index (χ3v) is 1.98. The molecule has 0 fully saturated rings. The Hall–Kier alpha value is -0.176. The van der Waals surface area contributed by atoms with Crippen molar-refractivity contribution < 1.29 is 18.4 Å². The lowest BCUT2D eigenvalue weighted by Gasteiger charge is -2.02. The van der Waals surface area contributed by atoms with E-state index in [1.807, 2.05) is 0 Å². The molecule has 6 heteroatoms. The van der Waals surface area contributed by atoms with E-state index in [0.717, 1.165) is 16.5 Å². The fraction of sp³-hybridized carbons (Fsp3) is 0.750. The van der Waals surface area contributed by atoms with Gasteiger partial charge in [-0.3, -0.25) is 4.79 Å². The van der Waals surface area contributed by atoms with E-state index in [1.165, 1.54) is 6.92 Å². The number of carbonyl (C=O) groups is 1. The Balaban J connectivity index is 2.84. The molecule has 0 saturated carbocycles. The first-order valence-electron chi connectivity index (χ1n) is 3.06. The van der Waals surface area contributed by atoms with Gasteiger partial charge in [0.15, 0.2) is 0 Å². The Labute approximate surface area is 65.3 Å². The first-order valence-corrected chi connectivity index (χ1v) is 5.63. The molecule has 0 aromatic heterocycles. The summed E-state index contributed by atoms with van der Waals surface area (Å²) >= 11 is 0. The van der Waals surface area contributed by atoms with E-state index in [-0.39, 0.29) is 12.8 Å². The SMILES string of the molecule is CC(=O)O[SiH2]OCOC[SiH3]. The van der Waals surface area contributed by atoms with E-state index < -0.39 is 10.0 Å². The van der Waals surface area contributed by atoms with E-state index in [0.29, 0.717) is 0 Å². The highest BCUT2D eigenvalue weighted by molar-refractivity contribution is 6.22. The fourth-order valence-electron chi connectivity index (χ4n) is 0.301. The van der Waals surface area contributed by atoms with Gasteiger partial charge in [0.25, 0.3) is 5.97 Å². The van der Waals surface area contributed by atoms with Crippen LogP contribution in [0.15, 0.2) is 0 Å². The van der Waals surface area contributed by atoms with Gasteiger partial charge in [0, 0.05) is 23.4 Å². The monoisotopic (exact) mass is 180 g/mol. The molecular formula is C4H12O4Si2. The molecule has 0 spiro atoms. The second kappa shape index (κ2) is 6.94. The third kappa shape index (κ3) is 7.82. The largest absolute Gasteiger partial charge is 0.499 e. The van der Waals surface area contributed by atoms with Crippen LogP contribution in [0.4, 0.5) is 0 Å². The normalized spacial score (nSPS) is 10.9. The van der Waals surface area contributed by atoms with Gasteiger partial charge in [-0.25, -0.2) is 0 Å². The quantitative estimate of drug-likeness (QED) is 0.275. The van der Waals surface area contributed by atoms with Gasteiger partial charge in [-0.05, 0) is 0 Å². The second-order valence-electron chi connectivity index (χ2n) is 1.57. The Kier molecular flexibility index (Phi) is 6.81. The summed E-state index contributed by atoms with van der Waals surface area (Å²) in [6, 6.07) is 0. The molecule has 0 bridgehead atoms. The molecule has 0 aromatic carbocycles. The topological polar surface area (TPSA) is 44.8 Å². The molecule has 0 saturated heterocycles. The van der Waals surface area contributed by atoms with E-state index in [1.54, 1.807) is 0 Å². The second-order valence-corrected chi connectivity index (χ2v) is 3.08. The minimum absolute atomic E-state index is 0.267. The summed E-state index contributed by atoms with van der Waals surface area (Å²) in [4.78, 5) is 10.2. The predicted octanol–water partition coefficient (Wildman–Crippen LogP) is -2.14. The zero-order valence-electron chi connectivity index (χ0n) is 6.25. The lowest BCUT2D eigenvalue weighted by atomic mass is 10.9. The molecular weight excluding hydrogens is 168 g/mol. The zero-order chi connectivity index (χ0) is 7.82. The summed E-state index contributed by atoms with van der Waals surface area (Å²) in [7, 11) is -0.106. The van der Waals surface area contributed by atoms with Crippen molar-refractivity contribution in [2.24, 2.45) is 0 Å². The van der Waals surface area contributed by atoms with Crippen molar-refractivity contribution in [1.82, 2.24) is 0 Å². The molecule has 0 unspecified atom stereocenters. The molecule has 0 radical (unpaired) electrons. The van der Waals surface area contributed by atoms with Crippen molar-refractivity contribution in [3.8, 4) is 0 Å². The van der Waals surface area contributed by atoms with Crippen LogP contribution in [0.5, 0.6) is 0 Å². The van der Waals surface area contributed by atoms with Gasteiger partial charge in [0.1, 0.15) is 6.79 Å². The standard InChI is InChI=1S/C4H12O4Si2/c1-4(5)8-10-7-2-6-3-9/h2-3,10H2,1,9H3. The van der Waals surface area contributed by atoms with Crippen LogP contribution >= 0.6 is 0 Å². The van der Waals surface area contributed by atoms with Crippen LogP contribution < -0.4 is 0 Å². The molecule has 0 rings (SSSR count). The Morgan fingerprint density at radius 2 is 2.40 bits per heavy atom. The highest BCUT2D eigenvalue weighted by Crippen LogP contribution is 1.76. The van der Waals surface area contributed by atoms with Gasteiger partial charge in [-0.15, -0.1) is 0 Å². The lowest BCUT2D eigenvalue weighted by Crippen LogP contribution is -2.11. The summed E-state index contributed by atoms with van der Waals surface area (Å²) in [5, 5.41) is 0. The highest BCUT2D eigenvalue weighted by Gasteiger charge is 1.91. The average molecular weight is 180 g/mol. The molecule has 4 nitrogen and oxygen atoms in total. The number of ether oxygens (including phenoxy) is 1. The van der Waals surface area contributed by atoms with Gasteiger partial charge in [-0.2, -0.15) is 0 Å². The van der Waals surface area contributed by atoms with Gasteiger partial charge in [0.05, 0.1) is 0 Å². The van der Waals surface area contributed by atoms with Gasteiger partial charge in [0.2, 0.25) is 0 Å². The molecule has 0 aliphatic heterocycles. The summed E-state index contributed by atoms with van der Waals surface area (Å²) in [6.07, 6.45) is 0.758. The number of carbonyl (C=O) groups excluding carboxylic acids is 1. The van der Waals surface area contributed by atoms with Crippen molar-refractivity contribution in [3.05, 3.63) is 0 Å². The van der Waals surface area contributed by atoms with Crippen LogP contribution in [0, 0.1) is 0 Å². The molecule has 60 valence electrons. The van der Waals surface area contributed by atoms with Crippen molar-refractivity contribution in [2.45, 2.75) is 6.92 Å². The molecule has 0 aromatic rings. The minimum Gasteiger partial charge on any atom is -0.499 e. The molecule has 0 heterocycles. The summed E-state index contributed by atoms with van der Waals surface area (Å²) in [5.41, 5.74) is 0. The number of hydrogen-bond donors (Lipinski definition) is 0. The van der Waals surface area contributed by atoms with Crippen molar-refractivity contribution in [3.63, 3.8) is 0 Å². The highest BCUT2D eigenvalue weighted by atomic mass is 28.3. The van der Waals surface area contributed by atoms with Gasteiger partial charge in [-0.1, -0.05) is 0 Å². The average Bonchev–Trinajstić information content (AvgIpc) is 1.87. The zero-order valence-corrected chi connectivity index (χ0v) is 9.67. The number of hydrogen-bond acceptors (Lipinski definition) is 4. The van der Waals surface area contributed by atoms with Crippen LogP contribution in [0.1, 0.15) is 6.92 Å². The predicted molar refractivity (Wildman–Crippen MR) is 42.2 cm³/mol. The van der Waals surface area contributed by atoms with Crippen LogP contribution in [-0.4, -0.2) is 39.2 Å². The summed E-state index contributed by atoms with van der Waals surface area (Å²) < 4.78 is 14.4. The molecule has 0 amide bonds. The van der Waals surface area contributed by atoms with E-state index in [2.05, 4.69) is 4.43 Å². The van der Waals surface area contributed by atoms with Crippen molar-refractivity contribution in [2.75, 3.05) is 13.0 Å². The van der Waals surface area contributed by atoms with E-state index >= 15 is 0 Å². The molecule has 0 N–H and O–H groups in total. The van der Waals surface area contributed by atoms with Crippen molar-refractivity contribution in [1.29, 1.82) is 0 Å². The molecule has 0 aliphatic carbocycles. The third-order valence-electron chi connectivity index (χ3n) is 0.716. The van der Waals surface area contributed by atoms with Gasteiger partial charge >= 0.3 is 10.0 Å². The first-order chi connectivity index (χ1) is 4.77. The first kappa shape index (κ1) is 9.82.